The Labute approximate surface area is 184 Å². The molecule has 0 spiro atoms. The Morgan fingerprint density at radius 1 is 0.903 bits per heavy atom. The van der Waals surface area contributed by atoms with Crippen molar-refractivity contribution in [3.05, 3.63) is 83.7 Å². The predicted octanol–water partition coefficient (Wildman–Crippen LogP) is 4.58. The van der Waals surface area contributed by atoms with E-state index in [9.17, 15) is 8.42 Å². The van der Waals surface area contributed by atoms with Crippen molar-refractivity contribution in [3.63, 3.8) is 0 Å². The van der Waals surface area contributed by atoms with Crippen LogP contribution >= 0.6 is 0 Å². The van der Waals surface area contributed by atoms with Crippen molar-refractivity contribution in [2.75, 3.05) is 13.2 Å². The van der Waals surface area contributed by atoms with Crippen LogP contribution in [0.4, 0.5) is 0 Å². The van der Waals surface area contributed by atoms with E-state index in [1.165, 1.54) is 10.4 Å². The zero-order valence-corrected chi connectivity index (χ0v) is 18.9. The fourth-order valence-electron chi connectivity index (χ4n) is 3.24. The molecule has 3 rings (SSSR count). The van der Waals surface area contributed by atoms with E-state index >= 15 is 0 Å². The standard InChI is InChI=1S/C24H28N2O4S/c1-4-29-23-13-12-22(15-24(23)30-5-2)31(27,28)26(17-20-10-8-14-25-16-20)18-21-11-7-6-9-19(21)3/h6-16H,4-5,17-18H2,1-3H3. The third-order valence-electron chi connectivity index (χ3n) is 4.84. The Kier molecular flexibility index (Phi) is 7.65. The lowest BCUT2D eigenvalue weighted by Gasteiger charge is -2.24. The molecule has 0 atom stereocenters. The first-order chi connectivity index (χ1) is 15.0. The minimum Gasteiger partial charge on any atom is -0.490 e. The predicted molar refractivity (Wildman–Crippen MR) is 121 cm³/mol. The molecule has 1 heterocycles. The first kappa shape index (κ1) is 22.8. The highest BCUT2D eigenvalue weighted by Crippen LogP contribution is 2.32. The number of ether oxygens (including phenoxy) is 2. The smallest absolute Gasteiger partial charge is 0.243 e. The Bertz CT molecular complexity index is 1100. The van der Waals surface area contributed by atoms with Crippen LogP contribution in [-0.2, 0) is 23.1 Å². The molecule has 6 nitrogen and oxygen atoms in total. The molecule has 3 aromatic rings. The lowest BCUT2D eigenvalue weighted by molar-refractivity contribution is 0.287. The van der Waals surface area contributed by atoms with E-state index in [2.05, 4.69) is 4.98 Å². The highest BCUT2D eigenvalue weighted by Gasteiger charge is 2.27. The number of aryl methyl sites for hydroxylation is 1. The number of hydrogen-bond acceptors (Lipinski definition) is 5. The van der Waals surface area contributed by atoms with E-state index in [1.807, 2.05) is 51.1 Å². The third kappa shape index (κ3) is 5.62. The fraction of sp³-hybridized carbons (Fsp3) is 0.292. The van der Waals surface area contributed by atoms with E-state index < -0.39 is 10.0 Å². The van der Waals surface area contributed by atoms with Crippen LogP contribution in [0.15, 0.2) is 71.9 Å². The monoisotopic (exact) mass is 440 g/mol. The third-order valence-corrected chi connectivity index (χ3v) is 6.63. The van der Waals surface area contributed by atoms with Crippen LogP contribution in [0.5, 0.6) is 11.5 Å². The molecular formula is C24H28N2O4S. The second-order valence-corrected chi connectivity index (χ2v) is 8.97. The van der Waals surface area contributed by atoms with Gasteiger partial charge in [-0.3, -0.25) is 4.98 Å². The lowest BCUT2D eigenvalue weighted by atomic mass is 10.1. The summed E-state index contributed by atoms with van der Waals surface area (Å²) in [7, 11) is -3.82. The fourth-order valence-corrected chi connectivity index (χ4v) is 4.66. The SMILES string of the molecule is CCOc1ccc(S(=O)(=O)N(Cc2cccnc2)Cc2ccccc2C)cc1OCC. The van der Waals surface area contributed by atoms with Crippen LogP contribution in [0.1, 0.15) is 30.5 Å². The summed E-state index contributed by atoms with van der Waals surface area (Å²) in [5.74, 6) is 0.948. The van der Waals surface area contributed by atoms with Crippen molar-refractivity contribution in [1.82, 2.24) is 9.29 Å². The normalized spacial score (nSPS) is 11.5. The van der Waals surface area contributed by atoms with Crippen LogP contribution in [0.3, 0.4) is 0 Å². The topological polar surface area (TPSA) is 68.7 Å². The van der Waals surface area contributed by atoms with Gasteiger partial charge in [-0.05, 0) is 55.7 Å². The number of aromatic nitrogens is 1. The maximum atomic E-state index is 13.7. The number of pyridine rings is 1. The van der Waals surface area contributed by atoms with Gasteiger partial charge >= 0.3 is 0 Å². The molecule has 0 aliphatic rings. The summed E-state index contributed by atoms with van der Waals surface area (Å²) in [6.45, 7) is 7.04. The van der Waals surface area contributed by atoms with Gasteiger partial charge in [0.25, 0.3) is 0 Å². The second-order valence-electron chi connectivity index (χ2n) is 7.04. The van der Waals surface area contributed by atoms with E-state index in [4.69, 9.17) is 9.47 Å². The molecule has 164 valence electrons. The molecule has 1 aromatic heterocycles. The van der Waals surface area contributed by atoms with Crippen molar-refractivity contribution in [1.29, 1.82) is 0 Å². The van der Waals surface area contributed by atoms with E-state index in [1.54, 1.807) is 30.6 Å². The van der Waals surface area contributed by atoms with Crippen molar-refractivity contribution < 1.29 is 17.9 Å². The maximum Gasteiger partial charge on any atom is 0.243 e. The summed E-state index contributed by atoms with van der Waals surface area (Å²) >= 11 is 0. The van der Waals surface area contributed by atoms with E-state index in [0.717, 1.165) is 16.7 Å². The highest BCUT2D eigenvalue weighted by atomic mass is 32.2. The number of benzene rings is 2. The van der Waals surface area contributed by atoms with Gasteiger partial charge in [0.15, 0.2) is 11.5 Å². The van der Waals surface area contributed by atoms with Gasteiger partial charge in [0, 0.05) is 31.5 Å². The second kappa shape index (κ2) is 10.4. The Hall–Kier alpha value is -2.90. The minimum absolute atomic E-state index is 0.164. The Morgan fingerprint density at radius 3 is 2.32 bits per heavy atom. The lowest BCUT2D eigenvalue weighted by Crippen LogP contribution is -2.30. The van der Waals surface area contributed by atoms with Crippen LogP contribution in [0, 0.1) is 6.92 Å². The van der Waals surface area contributed by atoms with Gasteiger partial charge in [0.1, 0.15) is 0 Å². The molecule has 0 saturated heterocycles. The number of hydrogen-bond donors (Lipinski definition) is 0. The molecular weight excluding hydrogens is 412 g/mol. The molecule has 0 aliphatic carbocycles. The van der Waals surface area contributed by atoms with Gasteiger partial charge in [-0.25, -0.2) is 8.42 Å². The highest BCUT2D eigenvalue weighted by molar-refractivity contribution is 7.89. The van der Waals surface area contributed by atoms with Gasteiger partial charge in [-0.1, -0.05) is 30.3 Å². The van der Waals surface area contributed by atoms with Crippen LogP contribution in [0.2, 0.25) is 0 Å². The molecule has 0 unspecified atom stereocenters. The molecule has 0 radical (unpaired) electrons. The average Bonchev–Trinajstić information content (AvgIpc) is 2.77. The Balaban J connectivity index is 2.02. The number of sulfonamides is 1. The van der Waals surface area contributed by atoms with Crippen molar-refractivity contribution >= 4 is 10.0 Å². The van der Waals surface area contributed by atoms with Crippen molar-refractivity contribution in [3.8, 4) is 11.5 Å². The molecule has 0 amide bonds. The van der Waals surface area contributed by atoms with Gasteiger partial charge in [-0.15, -0.1) is 0 Å². The summed E-state index contributed by atoms with van der Waals surface area (Å²) in [5, 5.41) is 0. The van der Waals surface area contributed by atoms with E-state index in [-0.39, 0.29) is 18.0 Å². The zero-order valence-electron chi connectivity index (χ0n) is 18.1. The summed E-state index contributed by atoms with van der Waals surface area (Å²) < 4.78 is 40.1. The van der Waals surface area contributed by atoms with Crippen LogP contribution in [0.25, 0.3) is 0 Å². The molecule has 0 aliphatic heterocycles. The van der Waals surface area contributed by atoms with Gasteiger partial charge in [0.2, 0.25) is 10.0 Å². The van der Waals surface area contributed by atoms with Crippen molar-refractivity contribution in [2.24, 2.45) is 0 Å². The largest absolute Gasteiger partial charge is 0.490 e. The summed E-state index contributed by atoms with van der Waals surface area (Å²) in [6.07, 6.45) is 3.36. The van der Waals surface area contributed by atoms with Crippen molar-refractivity contribution in [2.45, 2.75) is 38.8 Å². The van der Waals surface area contributed by atoms with Gasteiger partial charge < -0.3 is 9.47 Å². The number of rotatable bonds is 10. The van der Waals surface area contributed by atoms with E-state index in [0.29, 0.717) is 24.7 Å². The average molecular weight is 441 g/mol. The summed E-state index contributed by atoms with van der Waals surface area (Å²) in [4.78, 5) is 4.29. The molecule has 0 saturated carbocycles. The Morgan fingerprint density at radius 2 is 1.65 bits per heavy atom. The number of nitrogens with zero attached hydrogens (tertiary/aromatic N) is 2. The molecule has 31 heavy (non-hydrogen) atoms. The molecule has 2 aromatic carbocycles. The van der Waals surface area contributed by atoms with Crippen LogP contribution in [-0.4, -0.2) is 30.9 Å². The first-order valence-corrected chi connectivity index (χ1v) is 11.7. The quantitative estimate of drug-likeness (QED) is 0.462. The first-order valence-electron chi connectivity index (χ1n) is 10.3. The van der Waals surface area contributed by atoms with Gasteiger partial charge in [-0.2, -0.15) is 4.31 Å². The van der Waals surface area contributed by atoms with Gasteiger partial charge in [0.05, 0.1) is 18.1 Å². The molecule has 7 heteroatoms. The molecule has 0 fully saturated rings. The summed E-state index contributed by atoms with van der Waals surface area (Å²) in [5.41, 5.74) is 2.80. The zero-order chi connectivity index (χ0) is 22.3. The minimum atomic E-state index is -3.82. The summed E-state index contributed by atoms with van der Waals surface area (Å²) in [6, 6.07) is 16.2. The maximum absolute atomic E-state index is 13.7. The molecule has 0 bridgehead atoms. The van der Waals surface area contributed by atoms with Crippen LogP contribution < -0.4 is 9.47 Å². The molecule has 0 N–H and O–H groups in total.